The van der Waals surface area contributed by atoms with E-state index in [0.717, 1.165) is 19.0 Å². The van der Waals surface area contributed by atoms with Crippen molar-refractivity contribution in [2.45, 2.75) is 38.3 Å². The number of fused-ring (bicyclic) bond motifs is 1. The molecular weight excluding hydrogens is 202 g/mol. The smallest absolute Gasteiger partial charge is 0.208 e. The number of nitrogens with one attached hydrogen (secondary N) is 1. The van der Waals surface area contributed by atoms with Crippen LogP contribution < -0.4 is 11.3 Å². The van der Waals surface area contributed by atoms with E-state index in [1.165, 1.54) is 25.8 Å². The molecule has 2 unspecified atom stereocenters. The van der Waals surface area contributed by atoms with Gasteiger partial charge in [0.05, 0.1) is 0 Å². The van der Waals surface area contributed by atoms with E-state index in [-0.39, 0.29) is 0 Å². The van der Waals surface area contributed by atoms with Crippen molar-refractivity contribution in [1.29, 1.82) is 0 Å². The van der Waals surface area contributed by atoms with Gasteiger partial charge in [0, 0.05) is 32.2 Å². The van der Waals surface area contributed by atoms with Gasteiger partial charge in [0.1, 0.15) is 0 Å². The van der Waals surface area contributed by atoms with E-state index in [1.54, 1.807) is 7.05 Å². The van der Waals surface area contributed by atoms with Crippen molar-refractivity contribution >= 4 is 5.96 Å². The van der Waals surface area contributed by atoms with Gasteiger partial charge in [-0.05, 0) is 26.3 Å². The lowest BCUT2D eigenvalue weighted by atomic mass is 9.97. The molecule has 2 aliphatic rings. The van der Waals surface area contributed by atoms with Crippen molar-refractivity contribution < 1.29 is 0 Å². The van der Waals surface area contributed by atoms with Crippen molar-refractivity contribution in [3.63, 3.8) is 0 Å². The molecule has 92 valence electrons. The van der Waals surface area contributed by atoms with Crippen LogP contribution in [0.25, 0.3) is 0 Å². The summed E-state index contributed by atoms with van der Waals surface area (Å²) in [6, 6.07) is 1.18. The summed E-state index contributed by atoms with van der Waals surface area (Å²) in [6.45, 7) is 5.69. The maximum Gasteiger partial charge on any atom is 0.208 e. The van der Waals surface area contributed by atoms with Crippen LogP contribution >= 0.6 is 0 Å². The molecule has 2 fully saturated rings. The highest BCUT2D eigenvalue weighted by Gasteiger charge is 2.33. The van der Waals surface area contributed by atoms with E-state index < -0.39 is 0 Å². The van der Waals surface area contributed by atoms with Crippen LogP contribution in [0.15, 0.2) is 4.99 Å². The van der Waals surface area contributed by atoms with Crippen LogP contribution in [-0.4, -0.2) is 54.5 Å². The minimum Gasteiger partial charge on any atom is -0.336 e. The van der Waals surface area contributed by atoms with E-state index in [9.17, 15) is 0 Å². The van der Waals surface area contributed by atoms with Gasteiger partial charge in [-0.1, -0.05) is 6.42 Å². The molecule has 3 N–H and O–H groups in total. The summed E-state index contributed by atoms with van der Waals surface area (Å²) in [5.74, 6) is 6.33. The van der Waals surface area contributed by atoms with E-state index >= 15 is 0 Å². The van der Waals surface area contributed by atoms with Crippen molar-refractivity contribution in [2.24, 2.45) is 10.8 Å². The van der Waals surface area contributed by atoms with Gasteiger partial charge in [-0.3, -0.25) is 15.3 Å². The third-order valence-corrected chi connectivity index (χ3v) is 3.80. The Bertz CT molecular complexity index is 265. The number of guanidine groups is 1. The number of hydrogen-bond acceptors (Lipinski definition) is 3. The Morgan fingerprint density at radius 2 is 2.19 bits per heavy atom. The van der Waals surface area contributed by atoms with Crippen molar-refractivity contribution in [3.05, 3.63) is 0 Å². The second-order valence-corrected chi connectivity index (χ2v) is 4.84. The molecule has 0 amide bonds. The summed E-state index contributed by atoms with van der Waals surface area (Å²) in [7, 11) is 1.79. The molecule has 0 saturated carbocycles. The highest BCUT2D eigenvalue weighted by atomic mass is 15.4. The topological polar surface area (TPSA) is 56.9 Å². The Balaban J connectivity index is 2.05. The summed E-state index contributed by atoms with van der Waals surface area (Å²) in [5.41, 5.74) is 2.70. The molecule has 2 saturated heterocycles. The molecule has 0 spiro atoms. The second-order valence-electron chi connectivity index (χ2n) is 4.84. The fourth-order valence-corrected chi connectivity index (χ4v) is 2.92. The van der Waals surface area contributed by atoms with Crippen molar-refractivity contribution in [2.75, 3.05) is 26.7 Å². The molecule has 2 atom stereocenters. The fourth-order valence-electron chi connectivity index (χ4n) is 2.92. The monoisotopic (exact) mass is 225 g/mol. The number of piperazine rings is 1. The number of rotatable bonds is 0. The van der Waals surface area contributed by atoms with Gasteiger partial charge in [-0.2, -0.15) is 0 Å². The highest BCUT2D eigenvalue weighted by Crippen LogP contribution is 2.23. The van der Waals surface area contributed by atoms with Gasteiger partial charge >= 0.3 is 0 Å². The number of nitrogens with zero attached hydrogens (tertiary/aromatic N) is 3. The largest absolute Gasteiger partial charge is 0.336 e. The predicted molar refractivity (Wildman–Crippen MR) is 66.1 cm³/mol. The van der Waals surface area contributed by atoms with Gasteiger partial charge in [-0.15, -0.1) is 0 Å². The lowest BCUT2D eigenvalue weighted by molar-refractivity contribution is 0.0486. The molecule has 2 heterocycles. The Hall–Kier alpha value is -0.810. The molecule has 0 aliphatic carbocycles. The number of hydrogen-bond donors (Lipinski definition) is 2. The van der Waals surface area contributed by atoms with Crippen LogP contribution in [0.3, 0.4) is 0 Å². The van der Waals surface area contributed by atoms with Gasteiger partial charge in [0.2, 0.25) is 5.96 Å². The number of piperidine rings is 1. The van der Waals surface area contributed by atoms with Gasteiger partial charge < -0.3 is 4.90 Å². The average Bonchev–Trinajstić information content (AvgIpc) is 2.31. The quantitative estimate of drug-likeness (QED) is 0.264. The van der Waals surface area contributed by atoms with Gasteiger partial charge in [0.15, 0.2) is 0 Å². The first kappa shape index (κ1) is 11.7. The van der Waals surface area contributed by atoms with Gasteiger partial charge in [-0.25, -0.2) is 5.84 Å². The lowest BCUT2D eigenvalue weighted by Crippen LogP contribution is -2.62. The first-order chi connectivity index (χ1) is 7.76. The lowest BCUT2D eigenvalue weighted by Gasteiger charge is -2.48. The normalized spacial score (nSPS) is 32.4. The summed E-state index contributed by atoms with van der Waals surface area (Å²) < 4.78 is 0. The number of aliphatic imine (C=N–C) groups is 1. The van der Waals surface area contributed by atoms with Crippen LogP contribution in [0.1, 0.15) is 26.2 Å². The van der Waals surface area contributed by atoms with Crippen molar-refractivity contribution in [1.82, 2.24) is 15.2 Å². The van der Waals surface area contributed by atoms with Crippen LogP contribution in [-0.2, 0) is 0 Å². The molecule has 0 radical (unpaired) electrons. The maximum atomic E-state index is 5.51. The van der Waals surface area contributed by atoms with Crippen LogP contribution in [0.5, 0.6) is 0 Å². The summed E-state index contributed by atoms with van der Waals surface area (Å²) in [6.07, 6.45) is 4.02. The Kier molecular flexibility index (Phi) is 3.66. The van der Waals surface area contributed by atoms with Crippen LogP contribution in [0.4, 0.5) is 0 Å². The summed E-state index contributed by atoms with van der Waals surface area (Å²) in [5, 5.41) is 0. The zero-order chi connectivity index (χ0) is 11.5. The molecule has 0 bridgehead atoms. The number of hydrazine groups is 1. The first-order valence-corrected chi connectivity index (χ1v) is 6.20. The standard InChI is InChI=1S/C11H23N5/c1-9-7-15-6-4-3-5-10(15)8-16(9)11(13-2)14-12/h9-10H,3-8,12H2,1-2H3,(H,13,14). The molecule has 16 heavy (non-hydrogen) atoms. The molecule has 2 rings (SSSR count). The summed E-state index contributed by atoms with van der Waals surface area (Å²) >= 11 is 0. The highest BCUT2D eigenvalue weighted by molar-refractivity contribution is 5.79. The Morgan fingerprint density at radius 1 is 1.38 bits per heavy atom. The zero-order valence-corrected chi connectivity index (χ0v) is 10.3. The predicted octanol–water partition coefficient (Wildman–Crippen LogP) is -0.00590. The zero-order valence-electron chi connectivity index (χ0n) is 10.3. The average molecular weight is 225 g/mol. The number of nitrogens with two attached hydrogens (primary N) is 1. The Labute approximate surface area is 97.7 Å². The third kappa shape index (κ3) is 2.15. The summed E-state index contributed by atoms with van der Waals surface area (Å²) in [4.78, 5) is 9.12. The molecule has 0 aromatic rings. The maximum absolute atomic E-state index is 5.51. The molecule has 0 aromatic heterocycles. The third-order valence-electron chi connectivity index (χ3n) is 3.80. The first-order valence-electron chi connectivity index (χ1n) is 6.20. The molecule has 5 heteroatoms. The SMILES string of the molecule is CN=C(NN)N1CC2CCCCN2CC1C. The van der Waals surface area contributed by atoms with E-state index in [1.807, 2.05) is 0 Å². The minimum atomic E-state index is 0.490. The molecule has 2 aliphatic heterocycles. The Morgan fingerprint density at radius 3 is 2.88 bits per heavy atom. The van der Waals surface area contributed by atoms with Gasteiger partial charge in [0.25, 0.3) is 0 Å². The van der Waals surface area contributed by atoms with Crippen LogP contribution in [0, 0.1) is 0 Å². The van der Waals surface area contributed by atoms with E-state index in [2.05, 4.69) is 27.1 Å². The van der Waals surface area contributed by atoms with Crippen LogP contribution in [0.2, 0.25) is 0 Å². The molecule has 5 nitrogen and oxygen atoms in total. The molecular formula is C11H23N5. The molecule has 0 aromatic carbocycles. The minimum absolute atomic E-state index is 0.490. The van der Waals surface area contributed by atoms with Crippen molar-refractivity contribution in [3.8, 4) is 0 Å². The van der Waals surface area contributed by atoms with E-state index in [4.69, 9.17) is 5.84 Å². The fraction of sp³-hybridized carbons (Fsp3) is 0.909. The van der Waals surface area contributed by atoms with E-state index in [0.29, 0.717) is 12.1 Å². The second kappa shape index (κ2) is 5.01.